The molecule has 1 N–H and O–H groups in total. The van der Waals surface area contributed by atoms with Gasteiger partial charge in [0.2, 0.25) is 0 Å². The van der Waals surface area contributed by atoms with Crippen LogP contribution in [0.1, 0.15) is 84.0 Å². The fourth-order valence-electron chi connectivity index (χ4n) is 2.92. The zero-order valence-electron chi connectivity index (χ0n) is 11.6. The van der Waals surface area contributed by atoms with Gasteiger partial charge < -0.3 is 5.11 Å². The third-order valence-corrected chi connectivity index (χ3v) is 4.00. The average Bonchev–Trinajstić information content (AvgIpc) is 2.70. The van der Waals surface area contributed by atoms with Gasteiger partial charge in [0.15, 0.2) is 0 Å². The number of hydrogen-bond donors (Lipinski definition) is 1. The van der Waals surface area contributed by atoms with E-state index in [0.29, 0.717) is 0 Å². The van der Waals surface area contributed by atoms with E-state index in [-0.39, 0.29) is 5.60 Å². The summed E-state index contributed by atoms with van der Waals surface area (Å²) in [4.78, 5) is 0. The zero-order valence-corrected chi connectivity index (χ0v) is 11.6. The minimum absolute atomic E-state index is 0.390. The molecule has 0 radical (unpaired) electrons. The molecule has 0 aliphatic heterocycles. The summed E-state index contributed by atoms with van der Waals surface area (Å²) in [5.74, 6) is 0. The van der Waals surface area contributed by atoms with Crippen molar-refractivity contribution in [2.45, 2.75) is 89.6 Å². The first-order valence-electron chi connectivity index (χ1n) is 7.55. The van der Waals surface area contributed by atoms with Gasteiger partial charge in [-0.05, 0) is 32.1 Å². The van der Waals surface area contributed by atoms with Crippen LogP contribution in [-0.2, 0) is 0 Å². The minimum Gasteiger partial charge on any atom is -0.390 e. The van der Waals surface area contributed by atoms with Crippen LogP contribution in [0.15, 0.2) is 12.2 Å². The Morgan fingerprint density at radius 1 is 1.06 bits per heavy atom. The van der Waals surface area contributed by atoms with E-state index in [1.54, 1.807) is 0 Å². The van der Waals surface area contributed by atoms with E-state index in [1.165, 1.54) is 56.9 Å². The highest BCUT2D eigenvalue weighted by Gasteiger charge is 2.31. The van der Waals surface area contributed by atoms with Crippen molar-refractivity contribution in [3.05, 3.63) is 12.2 Å². The first-order valence-corrected chi connectivity index (χ1v) is 7.55. The maximum atomic E-state index is 10.3. The molecule has 1 saturated carbocycles. The fraction of sp³-hybridized carbons (Fsp3) is 0.875. The summed E-state index contributed by atoms with van der Waals surface area (Å²) in [5.41, 5.74) is 0.879. The van der Waals surface area contributed by atoms with Gasteiger partial charge in [-0.15, -0.1) is 0 Å². The smallest absolute Gasteiger partial charge is 0.0684 e. The Morgan fingerprint density at radius 2 is 1.65 bits per heavy atom. The molecule has 17 heavy (non-hydrogen) atoms. The number of hydrogen-bond acceptors (Lipinski definition) is 1. The summed E-state index contributed by atoms with van der Waals surface area (Å²) in [5, 5.41) is 10.3. The lowest BCUT2D eigenvalue weighted by Crippen LogP contribution is -2.24. The summed E-state index contributed by atoms with van der Waals surface area (Å²) < 4.78 is 0. The quantitative estimate of drug-likeness (QED) is 0.443. The molecule has 0 saturated heterocycles. The topological polar surface area (TPSA) is 20.2 Å². The molecule has 0 aromatic carbocycles. The highest BCUT2D eigenvalue weighted by Crippen LogP contribution is 2.35. The van der Waals surface area contributed by atoms with Crippen LogP contribution in [0.3, 0.4) is 0 Å². The van der Waals surface area contributed by atoms with Crippen molar-refractivity contribution in [2.75, 3.05) is 0 Å². The Bertz CT molecular complexity index is 214. The second-order valence-corrected chi connectivity index (χ2v) is 5.88. The molecule has 1 nitrogen and oxygen atoms in total. The molecule has 1 heteroatoms. The lowest BCUT2D eigenvalue weighted by Gasteiger charge is -2.23. The summed E-state index contributed by atoms with van der Waals surface area (Å²) in [7, 11) is 0. The van der Waals surface area contributed by atoms with Crippen molar-refractivity contribution in [1.82, 2.24) is 0 Å². The summed E-state index contributed by atoms with van der Waals surface area (Å²) in [6.45, 7) is 6.39. The van der Waals surface area contributed by atoms with Gasteiger partial charge in [0.1, 0.15) is 0 Å². The van der Waals surface area contributed by atoms with Crippen LogP contribution in [0, 0.1) is 0 Å². The van der Waals surface area contributed by atoms with Crippen molar-refractivity contribution in [2.24, 2.45) is 0 Å². The van der Waals surface area contributed by atoms with Gasteiger partial charge in [0.05, 0.1) is 5.60 Å². The van der Waals surface area contributed by atoms with Crippen molar-refractivity contribution in [3.63, 3.8) is 0 Å². The van der Waals surface area contributed by atoms with E-state index >= 15 is 0 Å². The predicted molar refractivity (Wildman–Crippen MR) is 75.2 cm³/mol. The van der Waals surface area contributed by atoms with Gasteiger partial charge in [0.25, 0.3) is 0 Å². The molecule has 0 amide bonds. The minimum atomic E-state index is -0.390. The maximum absolute atomic E-state index is 10.3. The zero-order chi connectivity index (χ0) is 12.6. The maximum Gasteiger partial charge on any atom is 0.0684 e. The van der Waals surface area contributed by atoms with Gasteiger partial charge in [-0.1, -0.05) is 64.0 Å². The van der Waals surface area contributed by atoms with E-state index in [0.717, 1.165) is 25.7 Å². The van der Waals surface area contributed by atoms with Crippen LogP contribution >= 0.6 is 0 Å². The van der Waals surface area contributed by atoms with Crippen molar-refractivity contribution in [3.8, 4) is 0 Å². The first kappa shape index (κ1) is 14.8. The molecule has 100 valence electrons. The molecule has 0 aromatic rings. The van der Waals surface area contributed by atoms with E-state index in [4.69, 9.17) is 0 Å². The fourth-order valence-corrected chi connectivity index (χ4v) is 2.92. The van der Waals surface area contributed by atoms with Gasteiger partial charge in [0, 0.05) is 0 Å². The van der Waals surface area contributed by atoms with Crippen LogP contribution in [0.2, 0.25) is 0 Å². The largest absolute Gasteiger partial charge is 0.390 e. The lowest BCUT2D eigenvalue weighted by molar-refractivity contribution is 0.0475. The Morgan fingerprint density at radius 3 is 2.29 bits per heavy atom. The van der Waals surface area contributed by atoms with Crippen LogP contribution in [-0.4, -0.2) is 10.7 Å². The molecule has 0 unspecified atom stereocenters. The third kappa shape index (κ3) is 6.26. The highest BCUT2D eigenvalue weighted by molar-refractivity contribution is 5.02. The predicted octanol–water partition coefficient (Wildman–Crippen LogP) is 4.99. The van der Waals surface area contributed by atoms with Crippen LogP contribution in [0.25, 0.3) is 0 Å². The van der Waals surface area contributed by atoms with Crippen molar-refractivity contribution in [1.29, 1.82) is 0 Å². The summed E-state index contributed by atoms with van der Waals surface area (Å²) in [6, 6.07) is 0. The molecular weight excluding hydrogens is 208 g/mol. The molecule has 0 bridgehead atoms. The molecule has 1 aliphatic carbocycles. The standard InChI is InChI=1S/C16H30O/c1-3-4-5-6-7-8-11-15(2)14-16(17)12-9-10-13-16/h17H,2-14H2,1H3. The number of unbranched alkanes of at least 4 members (excludes halogenated alkanes) is 5. The van der Waals surface area contributed by atoms with E-state index in [1.807, 2.05) is 0 Å². The van der Waals surface area contributed by atoms with E-state index < -0.39 is 0 Å². The number of aliphatic hydroxyl groups is 1. The Balaban J connectivity index is 2.01. The lowest BCUT2D eigenvalue weighted by atomic mass is 9.91. The van der Waals surface area contributed by atoms with Crippen molar-refractivity contribution < 1.29 is 5.11 Å². The summed E-state index contributed by atoms with van der Waals surface area (Å²) >= 11 is 0. The third-order valence-electron chi connectivity index (χ3n) is 4.00. The second kappa shape index (κ2) is 7.92. The van der Waals surface area contributed by atoms with Crippen LogP contribution in [0.5, 0.6) is 0 Å². The first-order chi connectivity index (χ1) is 8.16. The molecule has 0 atom stereocenters. The normalized spacial score (nSPS) is 18.5. The SMILES string of the molecule is C=C(CCCCCCCC)CC1(O)CCCC1. The van der Waals surface area contributed by atoms with Gasteiger partial charge in [-0.25, -0.2) is 0 Å². The Labute approximate surface area is 107 Å². The van der Waals surface area contributed by atoms with Crippen LogP contribution < -0.4 is 0 Å². The molecule has 1 rings (SSSR count). The molecular formula is C16H30O. The highest BCUT2D eigenvalue weighted by atomic mass is 16.3. The average molecular weight is 238 g/mol. The molecule has 1 fully saturated rings. The molecule has 0 heterocycles. The molecule has 0 aromatic heterocycles. The van der Waals surface area contributed by atoms with Gasteiger partial charge in [-0.3, -0.25) is 0 Å². The number of rotatable bonds is 9. The van der Waals surface area contributed by atoms with Gasteiger partial charge >= 0.3 is 0 Å². The van der Waals surface area contributed by atoms with Gasteiger partial charge in [-0.2, -0.15) is 0 Å². The summed E-state index contributed by atoms with van der Waals surface area (Å²) in [6.07, 6.45) is 14.4. The van der Waals surface area contributed by atoms with E-state index in [9.17, 15) is 5.11 Å². The monoisotopic (exact) mass is 238 g/mol. The Kier molecular flexibility index (Phi) is 6.87. The van der Waals surface area contributed by atoms with Crippen molar-refractivity contribution >= 4 is 0 Å². The van der Waals surface area contributed by atoms with E-state index in [2.05, 4.69) is 13.5 Å². The Hall–Kier alpha value is -0.300. The second-order valence-electron chi connectivity index (χ2n) is 5.88. The van der Waals surface area contributed by atoms with Crippen LogP contribution in [0.4, 0.5) is 0 Å². The molecule has 0 spiro atoms. The molecule has 1 aliphatic rings.